The fraction of sp³-hybridized carbons (Fsp3) is 0.640. The summed E-state index contributed by atoms with van der Waals surface area (Å²) in [7, 11) is 0. The molecule has 1 saturated heterocycles. The molecule has 2 aliphatic rings. The smallest absolute Gasteiger partial charge is 0.220 e. The van der Waals surface area contributed by atoms with Crippen LogP contribution in [0.25, 0.3) is 5.65 Å². The molecule has 1 aliphatic heterocycles. The maximum Gasteiger partial charge on any atom is 0.220 e. The van der Waals surface area contributed by atoms with Crippen molar-refractivity contribution >= 4 is 11.6 Å². The van der Waals surface area contributed by atoms with Crippen LogP contribution in [0.4, 0.5) is 0 Å². The Hall–Kier alpha value is -2.21. The topological polar surface area (TPSA) is 62.5 Å². The first-order valence-corrected chi connectivity index (χ1v) is 12.0. The van der Waals surface area contributed by atoms with Crippen LogP contribution < -0.4 is 5.32 Å². The third-order valence-electron chi connectivity index (χ3n) is 6.81. The van der Waals surface area contributed by atoms with E-state index in [2.05, 4.69) is 35.4 Å². The van der Waals surface area contributed by atoms with Gasteiger partial charge in [0.15, 0.2) is 5.65 Å². The Morgan fingerprint density at radius 3 is 2.84 bits per heavy atom. The zero-order chi connectivity index (χ0) is 22.0. The second-order valence-electron chi connectivity index (χ2n) is 9.63. The third kappa shape index (κ3) is 5.00. The van der Waals surface area contributed by atoms with E-state index in [1.165, 1.54) is 45.2 Å². The number of aromatic nitrogens is 3. The summed E-state index contributed by atoms with van der Waals surface area (Å²) in [6.45, 7) is 10.5. The standard InChI is InChI=1S/C25H37N5O/c1-17(2)26-25(31)13-12-21-18(3)27-24-15-22(28-30(24)19(21)4)23-11-8-14-29(23)16-20-9-6-5-7-10-20/h5-6,15,17,20,23H,7-14,16H2,1-4H3,(H,26,31). The van der Waals surface area contributed by atoms with Gasteiger partial charge in [-0.2, -0.15) is 5.10 Å². The second-order valence-corrected chi connectivity index (χ2v) is 9.63. The van der Waals surface area contributed by atoms with Gasteiger partial charge in [0.25, 0.3) is 0 Å². The summed E-state index contributed by atoms with van der Waals surface area (Å²) in [6, 6.07) is 2.74. The van der Waals surface area contributed by atoms with Gasteiger partial charge in [-0.15, -0.1) is 0 Å². The summed E-state index contributed by atoms with van der Waals surface area (Å²) in [6.07, 6.45) is 12.0. The quantitative estimate of drug-likeness (QED) is 0.675. The van der Waals surface area contributed by atoms with Gasteiger partial charge in [0.05, 0.1) is 11.7 Å². The number of aryl methyl sites for hydroxylation is 2. The van der Waals surface area contributed by atoms with Gasteiger partial charge in [0, 0.05) is 36.5 Å². The molecule has 2 aromatic rings. The third-order valence-corrected chi connectivity index (χ3v) is 6.81. The fourth-order valence-electron chi connectivity index (χ4n) is 5.24. The number of rotatable bonds is 7. The highest BCUT2D eigenvalue weighted by molar-refractivity contribution is 5.76. The zero-order valence-electron chi connectivity index (χ0n) is 19.5. The van der Waals surface area contributed by atoms with Crippen LogP contribution in [0.5, 0.6) is 0 Å². The first-order valence-electron chi connectivity index (χ1n) is 12.0. The zero-order valence-corrected chi connectivity index (χ0v) is 19.5. The molecule has 0 radical (unpaired) electrons. The van der Waals surface area contributed by atoms with Crippen molar-refractivity contribution < 1.29 is 4.79 Å². The molecule has 4 rings (SSSR count). The molecule has 168 valence electrons. The lowest BCUT2D eigenvalue weighted by Gasteiger charge is -2.28. The molecule has 0 bridgehead atoms. The molecule has 3 heterocycles. The van der Waals surface area contributed by atoms with Crippen LogP contribution in [0.15, 0.2) is 18.2 Å². The summed E-state index contributed by atoms with van der Waals surface area (Å²) in [5, 5.41) is 7.99. The molecule has 2 aromatic heterocycles. The van der Waals surface area contributed by atoms with E-state index in [0.717, 1.165) is 34.2 Å². The van der Waals surface area contributed by atoms with Crippen molar-refractivity contribution in [3.05, 3.63) is 40.9 Å². The molecule has 2 unspecified atom stereocenters. The van der Waals surface area contributed by atoms with Gasteiger partial charge in [-0.1, -0.05) is 12.2 Å². The van der Waals surface area contributed by atoms with Crippen molar-refractivity contribution in [1.82, 2.24) is 24.8 Å². The number of carbonyl (C=O) groups excluding carboxylic acids is 1. The number of hydrogen-bond acceptors (Lipinski definition) is 4. The Labute approximate surface area is 186 Å². The molecule has 31 heavy (non-hydrogen) atoms. The molecule has 1 fully saturated rings. The van der Waals surface area contributed by atoms with Crippen molar-refractivity contribution in [2.45, 2.75) is 84.7 Å². The molecule has 1 amide bonds. The number of fused-ring (bicyclic) bond motifs is 1. The molecule has 6 nitrogen and oxygen atoms in total. The van der Waals surface area contributed by atoms with Gasteiger partial charge in [-0.25, -0.2) is 9.50 Å². The molecule has 0 saturated carbocycles. The van der Waals surface area contributed by atoms with Crippen LogP contribution in [0.2, 0.25) is 0 Å². The lowest BCUT2D eigenvalue weighted by Crippen LogP contribution is -2.30. The number of nitrogens with zero attached hydrogens (tertiary/aromatic N) is 4. The molecule has 0 spiro atoms. The highest BCUT2D eigenvalue weighted by Gasteiger charge is 2.30. The van der Waals surface area contributed by atoms with Gasteiger partial charge in [0.1, 0.15) is 0 Å². The summed E-state index contributed by atoms with van der Waals surface area (Å²) in [4.78, 5) is 19.6. The summed E-state index contributed by atoms with van der Waals surface area (Å²) >= 11 is 0. The minimum atomic E-state index is 0.0919. The van der Waals surface area contributed by atoms with Crippen molar-refractivity contribution in [3.8, 4) is 0 Å². The Morgan fingerprint density at radius 1 is 1.26 bits per heavy atom. The first kappa shape index (κ1) is 22.0. The van der Waals surface area contributed by atoms with E-state index in [9.17, 15) is 4.79 Å². The van der Waals surface area contributed by atoms with Gasteiger partial charge < -0.3 is 5.32 Å². The van der Waals surface area contributed by atoms with E-state index in [4.69, 9.17) is 10.1 Å². The summed E-state index contributed by atoms with van der Waals surface area (Å²) in [5.74, 6) is 0.863. The molecule has 1 N–H and O–H groups in total. The maximum absolute atomic E-state index is 12.1. The van der Waals surface area contributed by atoms with Gasteiger partial charge in [-0.3, -0.25) is 9.69 Å². The van der Waals surface area contributed by atoms with Crippen molar-refractivity contribution in [1.29, 1.82) is 0 Å². The minimum absolute atomic E-state index is 0.0919. The van der Waals surface area contributed by atoms with Gasteiger partial charge >= 0.3 is 0 Å². The van der Waals surface area contributed by atoms with E-state index in [1.54, 1.807) is 0 Å². The highest BCUT2D eigenvalue weighted by atomic mass is 16.1. The van der Waals surface area contributed by atoms with Crippen molar-refractivity contribution in [3.63, 3.8) is 0 Å². The Morgan fingerprint density at radius 2 is 2.10 bits per heavy atom. The van der Waals surface area contributed by atoms with E-state index in [-0.39, 0.29) is 11.9 Å². The molecule has 1 aliphatic carbocycles. The fourth-order valence-corrected chi connectivity index (χ4v) is 5.24. The predicted molar refractivity (Wildman–Crippen MR) is 124 cm³/mol. The van der Waals surface area contributed by atoms with Crippen LogP contribution in [0, 0.1) is 19.8 Å². The van der Waals surface area contributed by atoms with E-state index in [0.29, 0.717) is 18.9 Å². The Balaban J connectivity index is 1.52. The average molecular weight is 424 g/mol. The second kappa shape index (κ2) is 9.51. The Bertz CT molecular complexity index is 960. The van der Waals surface area contributed by atoms with E-state index in [1.807, 2.05) is 25.3 Å². The maximum atomic E-state index is 12.1. The average Bonchev–Trinajstić information content (AvgIpc) is 3.34. The normalized spacial score (nSPS) is 22.0. The van der Waals surface area contributed by atoms with E-state index >= 15 is 0 Å². The molecular formula is C25H37N5O. The minimum Gasteiger partial charge on any atom is -0.354 e. The number of allylic oxidation sites excluding steroid dienone is 2. The predicted octanol–water partition coefficient (Wildman–Crippen LogP) is 4.30. The lowest BCUT2D eigenvalue weighted by molar-refractivity contribution is -0.121. The number of nitrogens with one attached hydrogen (secondary N) is 1. The molecule has 0 aromatic carbocycles. The molecular weight excluding hydrogens is 386 g/mol. The van der Waals surface area contributed by atoms with Crippen LogP contribution >= 0.6 is 0 Å². The van der Waals surface area contributed by atoms with E-state index < -0.39 is 0 Å². The number of likely N-dealkylation sites (tertiary alicyclic amines) is 1. The Kier molecular flexibility index (Phi) is 6.75. The largest absolute Gasteiger partial charge is 0.354 e. The number of carbonyl (C=O) groups is 1. The monoisotopic (exact) mass is 423 g/mol. The summed E-state index contributed by atoms with van der Waals surface area (Å²) < 4.78 is 2.00. The van der Waals surface area contributed by atoms with Crippen LogP contribution in [-0.2, 0) is 11.2 Å². The molecule has 2 atom stereocenters. The van der Waals surface area contributed by atoms with Crippen LogP contribution in [-0.4, -0.2) is 44.5 Å². The van der Waals surface area contributed by atoms with Crippen molar-refractivity contribution in [2.75, 3.05) is 13.1 Å². The molecule has 6 heteroatoms. The van der Waals surface area contributed by atoms with Gasteiger partial charge in [-0.05, 0) is 84.2 Å². The summed E-state index contributed by atoms with van der Waals surface area (Å²) in [5.41, 5.74) is 5.32. The highest BCUT2D eigenvalue weighted by Crippen LogP contribution is 2.34. The van der Waals surface area contributed by atoms with Gasteiger partial charge in [0.2, 0.25) is 5.91 Å². The lowest BCUT2D eigenvalue weighted by atomic mass is 9.93. The number of hydrogen-bond donors (Lipinski definition) is 1. The number of amides is 1. The van der Waals surface area contributed by atoms with Crippen molar-refractivity contribution in [2.24, 2.45) is 5.92 Å². The SMILES string of the molecule is Cc1nc2cc(C3CCCN3CC3CC=CCC3)nn2c(C)c1CCC(=O)NC(C)C. The first-order chi connectivity index (χ1) is 14.9. The van der Waals surface area contributed by atoms with Crippen LogP contribution in [0.3, 0.4) is 0 Å². The van der Waals surface area contributed by atoms with Crippen LogP contribution in [0.1, 0.15) is 81.1 Å².